The molecule has 0 atom stereocenters. The normalized spacial score (nSPS) is 10.9. The fourth-order valence-corrected chi connectivity index (χ4v) is 2.20. The van der Waals surface area contributed by atoms with Gasteiger partial charge in [-0.2, -0.15) is 0 Å². The Labute approximate surface area is 96.5 Å². The van der Waals surface area contributed by atoms with Gasteiger partial charge in [0, 0.05) is 5.39 Å². The van der Waals surface area contributed by atoms with Gasteiger partial charge in [0.25, 0.3) is 5.56 Å². The number of nitrogens with one attached hydrogen (secondary N) is 1. The minimum Gasteiger partial charge on any atom is -0.321 e. The maximum absolute atomic E-state index is 11.6. The van der Waals surface area contributed by atoms with Gasteiger partial charge in [0.05, 0.1) is 9.99 Å². The Morgan fingerprint density at radius 2 is 1.87 bits per heavy atom. The zero-order valence-electron chi connectivity index (χ0n) is 8.94. The van der Waals surface area contributed by atoms with Crippen molar-refractivity contribution < 1.29 is 0 Å². The SMILES string of the molecule is Cc1cc(C)c2[nH]c(=O)c(Br)c(C)c2c1. The second kappa shape index (κ2) is 3.49. The lowest BCUT2D eigenvalue weighted by Crippen LogP contribution is -2.09. The monoisotopic (exact) mass is 265 g/mol. The van der Waals surface area contributed by atoms with Crippen LogP contribution in [-0.2, 0) is 0 Å². The molecule has 0 aliphatic rings. The second-order valence-corrected chi connectivity index (χ2v) is 4.69. The zero-order chi connectivity index (χ0) is 11.2. The van der Waals surface area contributed by atoms with Gasteiger partial charge in [-0.1, -0.05) is 11.6 Å². The van der Waals surface area contributed by atoms with Crippen LogP contribution >= 0.6 is 15.9 Å². The van der Waals surface area contributed by atoms with E-state index in [1.165, 1.54) is 5.56 Å². The minimum absolute atomic E-state index is 0.0630. The summed E-state index contributed by atoms with van der Waals surface area (Å²) in [6.07, 6.45) is 0. The van der Waals surface area contributed by atoms with Gasteiger partial charge in [-0.3, -0.25) is 4.79 Å². The standard InChI is InChI=1S/C12H12BrNO/c1-6-4-7(2)11-9(5-6)8(3)10(13)12(15)14-11/h4-5H,1-3H3,(H,14,15). The summed E-state index contributed by atoms with van der Waals surface area (Å²) in [6, 6.07) is 4.17. The van der Waals surface area contributed by atoms with Gasteiger partial charge in [0.15, 0.2) is 0 Å². The molecule has 1 aromatic heterocycles. The summed E-state index contributed by atoms with van der Waals surface area (Å²) < 4.78 is 0.625. The highest BCUT2D eigenvalue weighted by atomic mass is 79.9. The Kier molecular flexibility index (Phi) is 2.43. The predicted molar refractivity (Wildman–Crippen MR) is 66.5 cm³/mol. The maximum atomic E-state index is 11.6. The molecule has 15 heavy (non-hydrogen) atoms. The highest BCUT2D eigenvalue weighted by Crippen LogP contribution is 2.24. The number of aromatic amines is 1. The molecule has 0 amide bonds. The Balaban J connectivity index is 3.05. The van der Waals surface area contributed by atoms with E-state index in [1.807, 2.05) is 13.8 Å². The number of aryl methyl sites for hydroxylation is 3. The molecular weight excluding hydrogens is 254 g/mol. The molecule has 1 N–H and O–H groups in total. The molecule has 0 bridgehead atoms. The summed E-state index contributed by atoms with van der Waals surface area (Å²) in [7, 11) is 0. The van der Waals surface area contributed by atoms with Gasteiger partial charge < -0.3 is 4.98 Å². The first-order valence-corrected chi connectivity index (χ1v) is 5.59. The van der Waals surface area contributed by atoms with Gasteiger partial charge in [-0.05, 0) is 53.9 Å². The van der Waals surface area contributed by atoms with Crippen LogP contribution < -0.4 is 5.56 Å². The number of rotatable bonds is 0. The predicted octanol–water partition coefficient (Wildman–Crippen LogP) is 3.22. The van der Waals surface area contributed by atoms with Crippen molar-refractivity contribution in [3.05, 3.63) is 43.6 Å². The third-order valence-electron chi connectivity index (χ3n) is 2.65. The van der Waals surface area contributed by atoms with Crippen molar-refractivity contribution in [1.82, 2.24) is 4.98 Å². The molecule has 1 heterocycles. The molecule has 3 heteroatoms. The van der Waals surface area contributed by atoms with E-state index in [0.717, 1.165) is 22.0 Å². The Morgan fingerprint density at radius 3 is 2.53 bits per heavy atom. The van der Waals surface area contributed by atoms with Crippen molar-refractivity contribution in [2.45, 2.75) is 20.8 Å². The number of hydrogen-bond donors (Lipinski definition) is 1. The first-order chi connectivity index (χ1) is 7.00. The van der Waals surface area contributed by atoms with E-state index in [9.17, 15) is 4.79 Å². The summed E-state index contributed by atoms with van der Waals surface area (Å²) in [5, 5.41) is 1.11. The molecule has 1 aromatic carbocycles. The fraction of sp³-hybridized carbons (Fsp3) is 0.250. The van der Waals surface area contributed by atoms with Crippen LogP contribution in [0.1, 0.15) is 16.7 Å². The number of halogens is 1. The number of benzene rings is 1. The van der Waals surface area contributed by atoms with Crippen LogP contribution in [0.5, 0.6) is 0 Å². The number of fused-ring (bicyclic) bond motifs is 1. The molecule has 0 unspecified atom stereocenters. The van der Waals surface area contributed by atoms with E-state index >= 15 is 0 Å². The minimum atomic E-state index is -0.0630. The van der Waals surface area contributed by atoms with Gasteiger partial charge in [-0.15, -0.1) is 0 Å². The topological polar surface area (TPSA) is 32.9 Å². The average molecular weight is 266 g/mol. The number of H-pyrrole nitrogens is 1. The number of aromatic nitrogens is 1. The smallest absolute Gasteiger partial charge is 0.263 e. The average Bonchev–Trinajstić information content (AvgIpc) is 2.17. The second-order valence-electron chi connectivity index (χ2n) is 3.90. The summed E-state index contributed by atoms with van der Waals surface area (Å²) in [5.41, 5.74) is 4.19. The van der Waals surface area contributed by atoms with E-state index in [2.05, 4.69) is 40.0 Å². The van der Waals surface area contributed by atoms with Crippen LogP contribution in [0.15, 0.2) is 21.4 Å². The first-order valence-electron chi connectivity index (χ1n) is 4.80. The zero-order valence-corrected chi connectivity index (χ0v) is 10.5. The van der Waals surface area contributed by atoms with Gasteiger partial charge in [0.1, 0.15) is 0 Å². The third-order valence-corrected chi connectivity index (χ3v) is 3.61. The van der Waals surface area contributed by atoms with E-state index in [1.54, 1.807) is 0 Å². The van der Waals surface area contributed by atoms with Crippen molar-refractivity contribution in [2.24, 2.45) is 0 Å². The van der Waals surface area contributed by atoms with Crippen molar-refractivity contribution in [2.75, 3.05) is 0 Å². The molecule has 0 radical (unpaired) electrons. The molecule has 2 aromatic rings. The van der Waals surface area contributed by atoms with Crippen LogP contribution in [0, 0.1) is 20.8 Å². The molecule has 0 fully saturated rings. The molecule has 0 aliphatic heterocycles. The summed E-state index contributed by atoms with van der Waals surface area (Å²) in [6.45, 7) is 6.03. The summed E-state index contributed by atoms with van der Waals surface area (Å²) in [4.78, 5) is 14.5. The van der Waals surface area contributed by atoms with Gasteiger partial charge in [0.2, 0.25) is 0 Å². The van der Waals surface area contributed by atoms with E-state index in [4.69, 9.17) is 0 Å². The van der Waals surface area contributed by atoms with Crippen molar-refractivity contribution >= 4 is 26.8 Å². The fourth-order valence-electron chi connectivity index (χ4n) is 1.89. The molecule has 78 valence electrons. The lowest BCUT2D eigenvalue weighted by atomic mass is 10.0. The molecule has 0 saturated carbocycles. The summed E-state index contributed by atoms with van der Waals surface area (Å²) in [5.74, 6) is 0. The lowest BCUT2D eigenvalue weighted by molar-refractivity contribution is 1.22. The summed E-state index contributed by atoms with van der Waals surface area (Å²) >= 11 is 3.31. The number of pyridine rings is 1. The van der Waals surface area contributed by atoms with Crippen LogP contribution in [0.2, 0.25) is 0 Å². The van der Waals surface area contributed by atoms with Gasteiger partial charge in [-0.25, -0.2) is 0 Å². The maximum Gasteiger partial charge on any atom is 0.263 e. The molecule has 0 saturated heterocycles. The van der Waals surface area contributed by atoms with Crippen molar-refractivity contribution in [3.63, 3.8) is 0 Å². The van der Waals surface area contributed by atoms with E-state index in [0.29, 0.717) is 4.47 Å². The van der Waals surface area contributed by atoms with E-state index in [-0.39, 0.29) is 5.56 Å². The Morgan fingerprint density at radius 1 is 1.20 bits per heavy atom. The van der Waals surface area contributed by atoms with Crippen LogP contribution in [0.25, 0.3) is 10.9 Å². The highest BCUT2D eigenvalue weighted by molar-refractivity contribution is 9.10. The molecule has 0 spiro atoms. The van der Waals surface area contributed by atoms with Crippen molar-refractivity contribution in [3.8, 4) is 0 Å². The first kappa shape index (κ1) is 10.4. The van der Waals surface area contributed by atoms with E-state index < -0.39 is 0 Å². The molecule has 2 rings (SSSR count). The lowest BCUT2D eigenvalue weighted by Gasteiger charge is -2.08. The van der Waals surface area contributed by atoms with Crippen LogP contribution in [0.4, 0.5) is 0 Å². The molecular formula is C12H12BrNO. The third kappa shape index (κ3) is 1.61. The number of hydrogen-bond acceptors (Lipinski definition) is 1. The van der Waals surface area contributed by atoms with Crippen molar-refractivity contribution in [1.29, 1.82) is 0 Å². The van der Waals surface area contributed by atoms with Crippen LogP contribution in [0.3, 0.4) is 0 Å². The van der Waals surface area contributed by atoms with Gasteiger partial charge >= 0.3 is 0 Å². The molecule has 0 aliphatic carbocycles. The quantitative estimate of drug-likeness (QED) is 0.780. The Hall–Kier alpha value is -1.09. The largest absolute Gasteiger partial charge is 0.321 e. The molecule has 2 nitrogen and oxygen atoms in total. The van der Waals surface area contributed by atoms with Crippen LogP contribution in [-0.4, -0.2) is 4.98 Å². The highest BCUT2D eigenvalue weighted by Gasteiger charge is 2.08. The Bertz CT molecular complexity index is 599.